The number of benzene rings is 1. The van der Waals surface area contributed by atoms with Crippen molar-refractivity contribution in [2.24, 2.45) is 0 Å². The fourth-order valence-electron chi connectivity index (χ4n) is 1.57. The Morgan fingerprint density at radius 3 is 2.81 bits per heavy atom. The van der Waals surface area contributed by atoms with Gasteiger partial charge in [-0.05, 0) is 41.3 Å². The summed E-state index contributed by atoms with van der Waals surface area (Å²) in [6.45, 7) is 0. The lowest BCUT2D eigenvalue weighted by Gasteiger charge is -2.06. The molecule has 1 amide bonds. The normalized spacial score (nSPS) is 10.8. The van der Waals surface area contributed by atoms with E-state index < -0.39 is 17.7 Å². The Labute approximate surface area is 128 Å². The Kier molecular flexibility index (Phi) is 4.72. The van der Waals surface area contributed by atoms with E-state index in [1.54, 1.807) is 11.4 Å². The van der Waals surface area contributed by atoms with Crippen molar-refractivity contribution >= 4 is 46.6 Å². The van der Waals surface area contributed by atoms with E-state index in [9.17, 15) is 14.0 Å². The number of thiophene rings is 1. The number of carbonyl (C=O) groups excluding carboxylic acids is 1. The van der Waals surface area contributed by atoms with Gasteiger partial charge in [-0.25, -0.2) is 9.18 Å². The molecule has 0 saturated heterocycles. The SMILES string of the molecule is O=C(O)C=Cc1ccsc1C(=O)Nc1cc(Cl)ccc1F. The van der Waals surface area contributed by atoms with Crippen LogP contribution in [-0.4, -0.2) is 17.0 Å². The molecule has 2 aromatic rings. The molecule has 2 N–H and O–H groups in total. The summed E-state index contributed by atoms with van der Waals surface area (Å²) in [6, 6.07) is 5.43. The van der Waals surface area contributed by atoms with Crippen LogP contribution in [0.2, 0.25) is 5.02 Å². The van der Waals surface area contributed by atoms with E-state index in [2.05, 4.69) is 5.32 Å². The molecule has 2 rings (SSSR count). The van der Waals surface area contributed by atoms with Crippen LogP contribution in [0.25, 0.3) is 6.08 Å². The Morgan fingerprint density at radius 2 is 2.10 bits per heavy atom. The topological polar surface area (TPSA) is 66.4 Å². The highest BCUT2D eigenvalue weighted by Gasteiger charge is 2.14. The van der Waals surface area contributed by atoms with Crippen LogP contribution in [0.15, 0.2) is 35.7 Å². The van der Waals surface area contributed by atoms with Gasteiger partial charge < -0.3 is 10.4 Å². The van der Waals surface area contributed by atoms with E-state index in [0.717, 1.165) is 23.5 Å². The second-order valence-electron chi connectivity index (χ2n) is 3.95. The molecule has 0 radical (unpaired) electrons. The molecule has 0 aliphatic heterocycles. The van der Waals surface area contributed by atoms with Crippen LogP contribution in [0.3, 0.4) is 0 Å². The molecule has 0 unspecified atom stereocenters. The Bertz CT molecular complexity index is 727. The van der Waals surface area contributed by atoms with Crippen LogP contribution in [0.5, 0.6) is 0 Å². The molecule has 0 atom stereocenters. The van der Waals surface area contributed by atoms with Gasteiger partial charge in [0.15, 0.2) is 0 Å². The number of aliphatic carboxylic acids is 1. The molecular weight excluding hydrogens is 317 g/mol. The average Bonchev–Trinajstić information content (AvgIpc) is 2.89. The van der Waals surface area contributed by atoms with Crippen molar-refractivity contribution < 1.29 is 19.1 Å². The van der Waals surface area contributed by atoms with Gasteiger partial charge in [-0.1, -0.05) is 11.6 Å². The zero-order valence-electron chi connectivity index (χ0n) is 10.5. The van der Waals surface area contributed by atoms with Gasteiger partial charge in [0.2, 0.25) is 0 Å². The molecule has 21 heavy (non-hydrogen) atoms. The second kappa shape index (κ2) is 6.51. The fraction of sp³-hybridized carbons (Fsp3) is 0. The van der Waals surface area contributed by atoms with Crippen molar-refractivity contribution in [3.8, 4) is 0 Å². The van der Waals surface area contributed by atoms with Crippen molar-refractivity contribution in [2.75, 3.05) is 5.32 Å². The Morgan fingerprint density at radius 1 is 1.33 bits per heavy atom. The highest BCUT2D eigenvalue weighted by Crippen LogP contribution is 2.23. The van der Waals surface area contributed by atoms with E-state index in [-0.39, 0.29) is 10.6 Å². The van der Waals surface area contributed by atoms with E-state index >= 15 is 0 Å². The molecule has 1 heterocycles. The summed E-state index contributed by atoms with van der Waals surface area (Å²) in [5, 5.41) is 12.9. The summed E-state index contributed by atoms with van der Waals surface area (Å²) in [5.41, 5.74) is 0.413. The maximum absolute atomic E-state index is 13.6. The lowest BCUT2D eigenvalue weighted by atomic mass is 10.2. The molecule has 0 bridgehead atoms. The van der Waals surface area contributed by atoms with E-state index in [1.165, 1.54) is 18.2 Å². The highest BCUT2D eigenvalue weighted by molar-refractivity contribution is 7.12. The number of nitrogens with one attached hydrogen (secondary N) is 1. The summed E-state index contributed by atoms with van der Waals surface area (Å²) in [7, 11) is 0. The third-order valence-electron chi connectivity index (χ3n) is 2.48. The highest BCUT2D eigenvalue weighted by atomic mass is 35.5. The minimum absolute atomic E-state index is 0.0333. The predicted molar refractivity (Wildman–Crippen MR) is 80.4 cm³/mol. The molecule has 7 heteroatoms. The number of carboxylic acid groups (broad SMARTS) is 1. The molecule has 0 spiro atoms. The largest absolute Gasteiger partial charge is 0.478 e. The van der Waals surface area contributed by atoms with Gasteiger partial charge in [0.1, 0.15) is 5.82 Å². The maximum atomic E-state index is 13.6. The molecule has 108 valence electrons. The molecule has 0 fully saturated rings. The molecule has 1 aromatic carbocycles. The summed E-state index contributed by atoms with van der Waals surface area (Å²) in [4.78, 5) is 22.9. The van der Waals surface area contributed by atoms with Crippen LogP contribution in [0, 0.1) is 5.82 Å². The fourth-order valence-corrected chi connectivity index (χ4v) is 2.52. The molecule has 0 saturated carbocycles. The van der Waals surface area contributed by atoms with Crippen molar-refractivity contribution in [1.29, 1.82) is 0 Å². The third kappa shape index (κ3) is 3.90. The monoisotopic (exact) mass is 325 g/mol. The van der Waals surface area contributed by atoms with Crippen molar-refractivity contribution in [2.45, 2.75) is 0 Å². The maximum Gasteiger partial charge on any atom is 0.328 e. The van der Waals surface area contributed by atoms with Crippen molar-refractivity contribution in [3.63, 3.8) is 0 Å². The number of carboxylic acids is 1. The first kappa shape index (κ1) is 15.2. The number of carbonyl (C=O) groups is 2. The second-order valence-corrected chi connectivity index (χ2v) is 5.31. The first-order chi connectivity index (χ1) is 9.97. The number of hydrogen-bond donors (Lipinski definition) is 2. The van der Waals surface area contributed by atoms with Gasteiger partial charge in [-0.15, -0.1) is 11.3 Å². The predicted octanol–water partition coefficient (Wildman–Crippen LogP) is 3.89. The zero-order valence-corrected chi connectivity index (χ0v) is 12.0. The van der Waals surface area contributed by atoms with E-state index in [0.29, 0.717) is 10.6 Å². The number of anilines is 1. The smallest absolute Gasteiger partial charge is 0.328 e. The van der Waals surface area contributed by atoms with Crippen molar-refractivity contribution in [3.05, 3.63) is 57.0 Å². The number of hydrogen-bond acceptors (Lipinski definition) is 3. The molecular formula is C14H9ClFNO3S. The number of amides is 1. The van der Waals surface area contributed by atoms with E-state index in [4.69, 9.17) is 16.7 Å². The molecule has 0 aliphatic carbocycles. The Balaban J connectivity index is 2.23. The molecule has 4 nitrogen and oxygen atoms in total. The lowest BCUT2D eigenvalue weighted by molar-refractivity contribution is -0.131. The van der Waals surface area contributed by atoms with Crippen LogP contribution in [-0.2, 0) is 4.79 Å². The number of halogens is 2. The summed E-state index contributed by atoms with van der Waals surface area (Å²) in [6.07, 6.45) is 2.24. The Hall–Kier alpha value is -2.18. The van der Waals surface area contributed by atoms with Gasteiger partial charge in [-0.3, -0.25) is 4.79 Å². The minimum Gasteiger partial charge on any atom is -0.478 e. The van der Waals surface area contributed by atoms with Gasteiger partial charge >= 0.3 is 5.97 Å². The zero-order chi connectivity index (χ0) is 15.4. The standard InChI is InChI=1S/C14H9ClFNO3S/c15-9-2-3-10(16)11(7-9)17-14(20)13-8(5-6-21-13)1-4-12(18)19/h1-7H,(H,17,20)(H,18,19). The summed E-state index contributed by atoms with van der Waals surface area (Å²) < 4.78 is 13.6. The molecule has 0 aliphatic rings. The van der Waals surface area contributed by atoms with Crippen LogP contribution >= 0.6 is 22.9 Å². The first-order valence-corrected chi connectivity index (χ1v) is 6.98. The lowest BCUT2D eigenvalue weighted by Crippen LogP contribution is -2.12. The van der Waals surface area contributed by atoms with E-state index in [1.807, 2.05) is 0 Å². The minimum atomic E-state index is -1.12. The van der Waals surface area contributed by atoms with Gasteiger partial charge in [-0.2, -0.15) is 0 Å². The quantitative estimate of drug-likeness (QED) is 0.838. The summed E-state index contributed by atoms with van der Waals surface area (Å²) >= 11 is 6.88. The van der Waals surface area contributed by atoms with Gasteiger partial charge in [0.25, 0.3) is 5.91 Å². The van der Waals surface area contributed by atoms with Gasteiger partial charge in [0.05, 0.1) is 10.6 Å². The van der Waals surface area contributed by atoms with Crippen molar-refractivity contribution in [1.82, 2.24) is 0 Å². The third-order valence-corrected chi connectivity index (χ3v) is 3.65. The molecule has 1 aromatic heterocycles. The first-order valence-electron chi connectivity index (χ1n) is 5.72. The van der Waals surface area contributed by atoms with Crippen LogP contribution in [0.4, 0.5) is 10.1 Å². The summed E-state index contributed by atoms with van der Waals surface area (Å²) in [5.74, 6) is -2.25. The van der Waals surface area contributed by atoms with Crippen LogP contribution in [0.1, 0.15) is 15.2 Å². The van der Waals surface area contributed by atoms with Crippen LogP contribution < -0.4 is 5.32 Å². The average molecular weight is 326 g/mol. The van der Waals surface area contributed by atoms with Gasteiger partial charge in [0, 0.05) is 11.1 Å². The number of rotatable bonds is 4.